The van der Waals surface area contributed by atoms with E-state index in [9.17, 15) is 4.79 Å². The zero-order valence-corrected chi connectivity index (χ0v) is 7.27. The minimum absolute atomic E-state index is 0.141. The Balaban J connectivity index is 2.59. The maximum Gasteiger partial charge on any atom is 0.275 e. The predicted octanol–water partition coefficient (Wildman–Crippen LogP) is 1.13. The van der Waals surface area contributed by atoms with Crippen LogP contribution in [0.3, 0.4) is 0 Å². The van der Waals surface area contributed by atoms with Crippen LogP contribution in [-0.4, -0.2) is 14.6 Å². The van der Waals surface area contributed by atoms with Gasteiger partial charge in [-0.1, -0.05) is 6.07 Å². The highest BCUT2D eigenvalue weighted by atomic mass is 16.1. The standard InChI is InChI=1S/C10H7N3O/c14-10-8-5-4-7-3-1-2-6-13(7)9(8)11-12-10/h1-6H,(H,12,14). The van der Waals surface area contributed by atoms with E-state index in [-0.39, 0.29) is 5.56 Å². The lowest BCUT2D eigenvalue weighted by Crippen LogP contribution is -2.01. The molecule has 0 unspecified atom stereocenters. The first kappa shape index (κ1) is 7.32. The molecule has 0 bridgehead atoms. The number of nitrogens with one attached hydrogen (secondary N) is 1. The van der Waals surface area contributed by atoms with E-state index in [0.29, 0.717) is 11.4 Å². The highest BCUT2D eigenvalue weighted by Gasteiger charge is 2.11. The Bertz CT molecular complexity index is 623. The first-order chi connectivity index (χ1) is 6.86. The van der Waals surface area contributed by atoms with Gasteiger partial charge >= 0.3 is 0 Å². The van der Waals surface area contributed by atoms with Gasteiger partial charge in [-0.15, -0.1) is 0 Å². The lowest BCUT2D eigenvalue weighted by molar-refractivity contribution is 1.01. The molecule has 0 saturated heterocycles. The molecule has 1 aromatic heterocycles. The van der Waals surface area contributed by atoms with E-state index >= 15 is 0 Å². The molecule has 0 spiro atoms. The van der Waals surface area contributed by atoms with E-state index < -0.39 is 0 Å². The molecule has 3 rings (SSSR count). The number of H-pyrrole nitrogens is 1. The molecule has 0 fully saturated rings. The number of fused-ring (bicyclic) bond motifs is 3. The van der Waals surface area contributed by atoms with Crippen molar-refractivity contribution in [2.24, 2.45) is 0 Å². The van der Waals surface area contributed by atoms with Crippen LogP contribution in [-0.2, 0) is 0 Å². The molecule has 68 valence electrons. The van der Waals surface area contributed by atoms with E-state index in [1.165, 1.54) is 0 Å². The lowest BCUT2D eigenvalue weighted by Gasteiger charge is -2.03. The molecule has 3 heterocycles. The quantitative estimate of drug-likeness (QED) is 0.570. The van der Waals surface area contributed by atoms with Crippen LogP contribution >= 0.6 is 0 Å². The van der Waals surface area contributed by atoms with E-state index in [1.807, 2.05) is 34.9 Å². The maximum atomic E-state index is 11.3. The van der Waals surface area contributed by atoms with Crippen molar-refractivity contribution in [3.63, 3.8) is 0 Å². The van der Waals surface area contributed by atoms with Crippen LogP contribution in [0.1, 0.15) is 0 Å². The molecule has 0 amide bonds. The topological polar surface area (TPSA) is 50.2 Å². The summed E-state index contributed by atoms with van der Waals surface area (Å²) in [6.07, 6.45) is 1.89. The molecule has 0 radical (unpaired) electrons. The third kappa shape index (κ3) is 0.821. The summed E-state index contributed by atoms with van der Waals surface area (Å²) in [4.78, 5) is 11.3. The predicted molar refractivity (Wildman–Crippen MR) is 52.4 cm³/mol. The molecule has 14 heavy (non-hydrogen) atoms. The fourth-order valence-corrected chi connectivity index (χ4v) is 1.61. The SMILES string of the molecule is O=c1[nH]nc2n3ccccc3ccc1-2. The fourth-order valence-electron chi connectivity index (χ4n) is 1.61. The summed E-state index contributed by atoms with van der Waals surface area (Å²) in [5.74, 6) is 0.674. The molecule has 1 N–H and O–H groups in total. The Hall–Kier alpha value is -2.10. The molecule has 2 aliphatic rings. The van der Waals surface area contributed by atoms with E-state index in [0.717, 1.165) is 5.52 Å². The van der Waals surface area contributed by atoms with Crippen LogP contribution in [0.15, 0.2) is 41.3 Å². The van der Waals surface area contributed by atoms with E-state index in [2.05, 4.69) is 10.2 Å². The van der Waals surface area contributed by atoms with Gasteiger partial charge in [0, 0.05) is 11.7 Å². The van der Waals surface area contributed by atoms with Crippen molar-refractivity contribution in [3.8, 4) is 11.4 Å². The Morgan fingerprint density at radius 2 is 2.14 bits per heavy atom. The van der Waals surface area contributed by atoms with Gasteiger partial charge in [-0.25, -0.2) is 5.10 Å². The van der Waals surface area contributed by atoms with Crippen LogP contribution in [0.25, 0.3) is 16.9 Å². The van der Waals surface area contributed by atoms with E-state index in [1.54, 1.807) is 6.07 Å². The van der Waals surface area contributed by atoms with Crippen molar-refractivity contribution in [1.29, 1.82) is 0 Å². The van der Waals surface area contributed by atoms with Gasteiger partial charge < -0.3 is 0 Å². The van der Waals surface area contributed by atoms with Gasteiger partial charge in [-0.2, -0.15) is 5.10 Å². The monoisotopic (exact) mass is 185 g/mol. The third-order valence-electron chi connectivity index (χ3n) is 2.29. The highest BCUT2D eigenvalue weighted by Crippen LogP contribution is 2.16. The Morgan fingerprint density at radius 3 is 3.07 bits per heavy atom. The maximum absolute atomic E-state index is 11.3. The highest BCUT2D eigenvalue weighted by molar-refractivity contribution is 5.63. The summed E-state index contributed by atoms with van der Waals surface area (Å²) >= 11 is 0. The van der Waals surface area contributed by atoms with Crippen LogP contribution in [0, 0.1) is 0 Å². The molecule has 0 saturated carbocycles. The number of hydrogen-bond donors (Lipinski definition) is 1. The van der Waals surface area contributed by atoms with Crippen LogP contribution in [0.2, 0.25) is 0 Å². The number of hydrogen-bond acceptors (Lipinski definition) is 2. The summed E-state index contributed by atoms with van der Waals surface area (Å²) in [5.41, 5.74) is 1.50. The van der Waals surface area contributed by atoms with Crippen molar-refractivity contribution < 1.29 is 0 Å². The molecule has 0 aromatic carbocycles. The summed E-state index contributed by atoms with van der Waals surface area (Å²) in [5, 5.41) is 6.41. The van der Waals surface area contributed by atoms with Crippen LogP contribution in [0.4, 0.5) is 0 Å². The van der Waals surface area contributed by atoms with Gasteiger partial charge in [0.25, 0.3) is 5.56 Å². The number of aromatic nitrogens is 3. The molecule has 2 aliphatic heterocycles. The summed E-state index contributed by atoms with van der Waals surface area (Å²) in [6, 6.07) is 9.52. The van der Waals surface area contributed by atoms with Gasteiger partial charge in [-0.05, 0) is 24.3 Å². The average molecular weight is 185 g/mol. The smallest absolute Gasteiger partial charge is 0.275 e. The Kier molecular flexibility index (Phi) is 1.28. The number of pyridine rings is 2. The van der Waals surface area contributed by atoms with Crippen molar-refractivity contribution in [2.45, 2.75) is 0 Å². The summed E-state index contributed by atoms with van der Waals surface area (Å²) in [7, 11) is 0. The van der Waals surface area contributed by atoms with Gasteiger partial charge in [0.1, 0.15) is 0 Å². The number of nitrogens with zero attached hydrogens (tertiary/aromatic N) is 2. The van der Waals surface area contributed by atoms with Gasteiger partial charge in [0.05, 0.1) is 5.56 Å². The fraction of sp³-hybridized carbons (Fsp3) is 0. The molecule has 0 atom stereocenters. The second-order valence-corrected chi connectivity index (χ2v) is 3.12. The largest absolute Gasteiger partial charge is 0.300 e. The second kappa shape index (κ2) is 2.45. The first-order valence-corrected chi connectivity index (χ1v) is 4.31. The van der Waals surface area contributed by atoms with Crippen molar-refractivity contribution in [2.75, 3.05) is 0 Å². The second-order valence-electron chi connectivity index (χ2n) is 3.12. The number of rotatable bonds is 0. The minimum atomic E-state index is -0.141. The normalized spacial score (nSPS) is 11.1. The lowest BCUT2D eigenvalue weighted by atomic mass is 10.2. The number of aromatic amines is 1. The Morgan fingerprint density at radius 1 is 1.21 bits per heavy atom. The average Bonchev–Trinajstić information content (AvgIpc) is 2.61. The molecular formula is C10H7N3O. The molecule has 1 aromatic rings. The van der Waals surface area contributed by atoms with Crippen molar-refractivity contribution >= 4 is 5.52 Å². The molecule has 4 heteroatoms. The van der Waals surface area contributed by atoms with Crippen LogP contribution < -0.4 is 5.56 Å². The zero-order chi connectivity index (χ0) is 9.54. The van der Waals surface area contributed by atoms with Crippen molar-refractivity contribution in [3.05, 3.63) is 46.9 Å². The van der Waals surface area contributed by atoms with Gasteiger partial charge in [-0.3, -0.25) is 9.20 Å². The summed E-state index contributed by atoms with van der Waals surface area (Å²) < 4.78 is 1.88. The summed E-state index contributed by atoms with van der Waals surface area (Å²) in [6.45, 7) is 0. The molecule has 4 nitrogen and oxygen atoms in total. The zero-order valence-electron chi connectivity index (χ0n) is 7.27. The van der Waals surface area contributed by atoms with E-state index in [4.69, 9.17) is 0 Å². The van der Waals surface area contributed by atoms with Gasteiger partial charge in [0.15, 0.2) is 5.82 Å². The molecular weight excluding hydrogens is 178 g/mol. The first-order valence-electron chi connectivity index (χ1n) is 4.31. The van der Waals surface area contributed by atoms with Gasteiger partial charge in [0.2, 0.25) is 0 Å². The molecule has 0 aliphatic carbocycles. The van der Waals surface area contributed by atoms with Crippen LogP contribution in [0.5, 0.6) is 0 Å². The minimum Gasteiger partial charge on any atom is -0.300 e. The Labute approximate surface area is 79.2 Å². The third-order valence-corrected chi connectivity index (χ3v) is 2.29. The van der Waals surface area contributed by atoms with Crippen molar-refractivity contribution in [1.82, 2.24) is 14.6 Å².